The van der Waals surface area contributed by atoms with Crippen molar-refractivity contribution >= 4 is 39.1 Å². The molecule has 0 unspecified atom stereocenters. The Morgan fingerprint density at radius 2 is 1.90 bits per heavy atom. The summed E-state index contributed by atoms with van der Waals surface area (Å²) in [6.45, 7) is 3.96. The van der Waals surface area contributed by atoms with E-state index < -0.39 is 12.0 Å². The molecule has 2 aromatic heterocycles. The zero-order valence-electron chi connectivity index (χ0n) is 21.9. The number of fused-ring (bicyclic) bond motifs is 1. The Morgan fingerprint density at radius 3 is 2.56 bits per heavy atom. The average molecular weight is 568 g/mol. The maximum atomic E-state index is 13.4. The number of hydrogen-bond acceptors (Lipinski definition) is 8. The SMILES string of the molecule is COc1cc(-n2cnc3cc(-c4ccc(Cl)cc4)sc3c2=O)ccc1OC[C@@H](OC(=O)[C@H](N)C(C)C)C1CC1. The van der Waals surface area contributed by atoms with E-state index in [1.165, 1.54) is 29.3 Å². The summed E-state index contributed by atoms with van der Waals surface area (Å²) in [5, 5.41) is 0.654. The summed E-state index contributed by atoms with van der Waals surface area (Å²) >= 11 is 7.40. The van der Waals surface area contributed by atoms with E-state index in [9.17, 15) is 9.59 Å². The van der Waals surface area contributed by atoms with E-state index in [4.69, 9.17) is 31.5 Å². The fraction of sp³-hybridized carbons (Fsp3) is 0.345. The van der Waals surface area contributed by atoms with Crippen molar-refractivity contribution in [2.75, 3.05) is 13.7 Å². The van der Waals surface area contributed by atoms with Gasteiger partial charge in [0, 0.05) is 16.0 Å². The second-order valence-electron chi connectivity index (χ2n) is 9.98. The van der Waals surface area contributed by atoms with Gasteiger partial charge in [0.2, 0.25) is 0 Å². The molecule has 2 heterocycles. The molecule has 0 saturated heterocycles. The van der Waals surface area contributed by atoms with Crippen LogP contribution in [0, 0.1) is 11.8 Å². The van der Waals surface area contributed by atoms with Gasteiger partial charge >= 0.3 is 5.97 Å². The lowest BCUT2D eigenvalue weighted by Crippen LogP contribution is -2.40. The van der Waals surface area contributed by atoms with Gasteiger partial charge in [-0.25, -0.2) is 4.98 Å². The number of esters is 1. The molecule has 0 radical (unpaired) electrons. The van der Waals surface area contributed by atoms with Crippen LogP contribution in [0.15, 0.2) is 59.7 Å². The molecule has 4 aromatic rings. The standard InChI is InChI=1S/C29H30ClN3O5S/c1-16(2)26(31)29(35)38-24(17-4-5-17)14-37-22-11-10-20(12-23(22)36-3)33-15-32-21-13-25(39-27(21)28(33)34)18-6-8-19(30)9-7-18/h6-13,15-17,24,26H,4-5,14,31H2,1-3H3/t24-,26-/m1/s1. The average Bonchev–Trinajstić information content (AvgIpc) is 3.69. The second kappa shape index (κ2) is 11.4. The summed E-state index contributed by atoms with van der Waals surface area (Å²) in [5.41, 5.74) is 7.98. The largest absolute Gasteiger partial charge is 0.493 e. The number of nitrogens with zero attached hydrogens (tertiary/aromatic N) is 2. The van der Waals surface area contributed by atoms with Crippen LogP contribution in [-0.2, 0) is 9.53 Å². The number of hydrogen-bond donors (Lipinski definition) is 1. The van der Waals surface area contributed by atoms with Crippen molar-refractivity contribution in [3.63, 3.8) is 0 Å². The summed E-state index contributed by atoms with van der Waals surface area (Å²) in [6.07, 6.45) is 3.10. The van der Waals surface area contributed by atoms with Crippen molar-refractivity contribution in [3.8, 4) is 27.6 Å². The maximum Gasteiger partial charge on any atom is 0.323 e. The van der Waals surface area contributed by atoms with Gasteiger partial charge < -0.3 is 19.9 Å². The van der Waals surface area contributed by atoms with Gasteiger partial charge in [0.1, 0.15) is 29.8 Å². The van der Waals surface area contributed by atoms with Gasteiger partial charge in [0.25, 0.3) is 5.56 Å². The highest BCUT2D eigenvalue weighted by molar-refractivity contribution is 7.22. The maximum absolute atomic E-state index is 13.4. The Bertz CT molecular complexity index is 1550. The number of methoxy groups -OCH3 is 1. The van der Waals surface area contributed by atoms with Crippen LogP contribution in [0.4, 0.5) is 0 Å². The molecule has 39 heavy (non-hydrogen) atoms. The highest BCUT2D eigenvalue weighted by atomic mass is 35.5. The van der Waals surface area contributed by atoms with Gasteiger partial charge in [0.15, 0.2) is 11.5 Å². The van der Waals surface area contributed by atoms with E-state index >= 15 is 0 Å². The highest BCUT2D eigenvalue weighted by Crippen LogP contribution is 2.37. The zero-order chi connectivity index (χ0) is 27.7. The Balaban J connectivity index is 1.36. The quantitative estimate of drug-likeness (QED) is 0.254. The van der Waals surface area contributed by atoms with Crippen LogP contribution in [0.3, 0.4) is 0 Å². The number of halogens is 1. The predicted molar refractivity (Wildman–Crippen MR) is 153 cm³/mol. The smallest absolute Gasteiger partial charge is 0.323 e. The molecule has 0 aliphatic heterocycles. The van der Waals surface area contributed by atoms with Crippen LogP contribution in [0.2, 0.25) is 5.02 Å². The second-order valence-corrected chi connectivity index (χ2v) is 11.5. The first-order chi connectivity index (χ1) is 18.7. The summed E-state index contributed by atoms with van der Waals surface area (Å²) in [7, 11) is 1.54. The Labute approximate surface area is 235 Å². The zero-order valence-corrected chi connectivity index (χ0v) is 23.5. The van der Waals surface area contributed by atoms with Crippen molar-refractivity contribution in [2.45, 2.75) is 38.8 Å². The molecule has 204 valence electrons. The molecule has 0 amide bonds. The van der Waals surface area contributed by atoms with Gasteiger partial charge in [-0.15, -0.1) is 11.3 Å². The van der Waals surface area contributed by atoms with E-state index in [0.29, 0.717) is 32.4 Å². The molecular weight excluding hydrogens is 538 g/mol. The van der Waals surface area contributed by atoms with E-state index in [-0.39, 0.29) is 30.1 Å². The molecule has 1 aliphatic carbocycles. The number of rotatable bonds is 10. The fourth-order valence-electron chi connectivity index (χ4n) is 4.18. The minimum atomic E-state index is -0.671. The Hall–Kier alpha value is -3.40. The Morgan fingerprint density at radius 1 is 1.15 bits per heavy atom. The normalized spacial score (nSPS) is 14.8. The molecule has 10 heteroatoms. The van der Waals surface area contributed by atoms with Crippen molar-refractivity contribution < 1.29 is 19.0 Å². The summed E-state index contributed by atoms with van der Waals surface area (Å²) in [4.78, 5) is 31.3. The summed E-state index contributed by atoms with van der Waals surface area (Å²) in [6, 6.07) is 14.0. The first-order valence-corrected chi connectivity index (χ1v) is 14.0. The van der Waals surface area contributed by atoms with Gasteiger partial charge in [-0.05, 0) is 60.6 Å². The van der Waals surface area contributed by atoms with E-state index in [1.807, 2.05) is 44.2 Å². The third kappa shape index (κ3) is 5.95. The van der Waals surface area contributed by atoms with Crippen LogP contribution in [0.25, 0.3) is 26.3 Å². The molecule has 2 aromatic carbocycles. The molecule has 1 aliphatic rings. The first kappa shape index (κ1) is 27.2. The van der Waals surface area contributed by atoms with E-state index in [0.717, 1.165) is 23.3 Å². The van der Waals surface area contributed by atoms with Gasteiger partial charge in [-0.3, -0.25) is 14.2 Å². The minimum Gasteiger partial charge on any atom is -0.493 e. The van der Waals surface area contributed by atoms with Crippen molar-refractivity contribution in [1.29, 1.82) is 0 Å². The molecule has 0 bridgehead atoms. The van der Waals surface area contributed by atoms with Crippen LogP contribution in [0.5, 0.6) is 11.5 Å². The number of ether oxygens (including phenoxy) is 3. The van der Waals surface area contributed by atoms with Gasteiger partial charge in [-0.2, -0.15) is 0 Å². The number of aromatic nitrogens is 2. The molecular formula is C29H30ClN3O5S. The van der Waals surface area contributed by atoms with E-state index in [2.05, 4.69) is 4.98 Å². The van der Waals surface area contributed by atoms with Crippen LogP contribution in [-0.4, -0.2) is 41.4 Å². The van der Waals surface area contributed by atoms with Gasteiger partial charge in [0.05, 0.1) is 18.3 Å². The molecule has 1 saturated carbocycles. The topological polar surface area (TPSA) is 106 Å². The number of thiophene rings is 1. The lowest BCUT2D eigenvalue weighted by molar-refractivity contribution is -0.154. The minimum absolute atomic E-state index is 0.0128. The molecule has 0 spiro atoms. The first-order valence-electron chi connectivity index (χ1n) is 12.8. The number of carbonyl (C=O) groups excluding carboxylic acids is 1. The Kier molecular flexibility index (Phi) is 7.93. The predicted octanol–water partition coefficient (Wildman–Crippen LogP) is 5.46. The molecule has 5 rings (SSSR count). The van der Waals surface area contributed by atoms with Crippen LogP contribution < -0.4 is 20.8 Å². The monoisotopic (exact) mass is 567 g/mol. The van der Waals surface area contributed by atoms with Crippen LogP contribution in [0.1, 0.15) is 26.7 Å². The van der Waals surface area contributed by atoms with Crippen LogP contribution >= 0.6 is 22.9 Å². The summed E-state index contributed by atoms with van der Waals surface area (Å²) < 4.78 is 19.3. The number of benzene rings is 2. The van der Waals surface area contributed by atoms with Crippen molar-refractivity contribution in [1.82, 2.24) is 9.55 Å². The highest BCUT2D eigenvalue weighted by Gasteiger charge is 2.36. The lowest BCUT2D eigenvalue weighted by Gasteiger charge is -2.22. The van der Waals surface area contributed by atoms with Crippen molar-refractivity contribution in [3.05, 3.63) is 70.2 Å². The number of carbonyl (C=O) groups is 1. The van der Waals surface area contributed by atoms with E-state index in [1.54, 1.807) is 18.2 Å². The molecule has 1 fully saturated rings. The van der Waals surface area contributed by atoms with Crippen molar-refractivity contribution in [2.24, 2.45) is 17.6 Å². The number of nitrogens with two attached hydrogens (primary N) is 1. The fourth-order valence-corrected chi connectivity index (χ4v) is 5.36. The molecule has 2 N–H and O–H groups in total. The third-order valence-electron chi connectivity index (χ3n) is 6.80. The third-order valence-corrected chi connectivity index (χ3v) is 8.21. The molecule has 2 atom stereocenters. The summed E-state index contributed by atoms with van der Waals surface area (Å²) in [5.74, 6) is 0.772. The van der Waals surface area contributed by atoms with Gasteiger partial charge in [-0.1, -0.05) is 37.6 Å². The lowest BCUT2D eigenvalue weighted by atomic mass is 10.1. The molecule has 8 nitrogen and oxygen atoms in total.